The summed E-state index contributed by atoms with van der Waals surface area (Å²) in [6.07, 6.45) is 1.50. The second-order valence-electron chi connectivity index (χ2n) is 4.10. The molecule has 0 saturated heterocycles. The molecule has 0 saturated carbocycles. The maximum atomic E-state index is 12.0. The van der Waals surface area contributed by atoms with Crippen LogP contribution in [0.2, 0.25) is 10.0 Å². The number of hydrogen-bond acceptors (Lipinski definition) is 3. The molecule has 2 rings (SSSR count). The van der Waals surface area contributed by atoms with Gasteiger partial charge in [-0.15, -0.1) is 0 Å². The standard InChI is InChI=1S/C15H12Cl2N2O2/c1-21-14-6-5-12(17)8-13(14)15(20)19-18-9-10-3-2-4-11(16)7-10/h2-9H,1H3,(H,19,20)/b18-9+. The van der Waals surface area contributed by atoms with Crippen molar-refractivity contribution in [3.05, 3.63) is 63.6 Å². The summed E-state index contributed by atoms with van der Waals surface area (Å²) in [7, 11) is 1.48. The number of halogens is 2. The Balaban J connectivity index is 2.10. The summed E-state index contributed by atoms with van der Waals surface area (Å²) in [6, 6.07) is 11.9. The minimum absolute atomic E-state index is 0.313. The highest BCUT2D eigenvalue weighted by atomic mass is 35.5. The number of hydrogen-bond donors (Lipinski definition) is 1. The summed E-state index contributed by atoms with van der Waals surface area (Å²) in [5.74, 6) is 0.0162. The van der Waals surface area contributed by atoms with Gasteiger partial charge >= 0.3 is 0 Å². The van der Waals surface area contributed by atoms with Gasteiger partial charge in [0.2, 0.25) is 0 Å². The fraction of sp³-hybridized carbons (Fsp3) is 0.0667. The van der Waals surface area contributed by atoms with Crippen LogP contribution in [0.3, 0.4) is 0 Å². The Labute approximate surface area is 132 Å². The Bertz CT molecular complexity index is 687. The Morgan fingerprint density at radius 2 is 1.95 bits per heavy atom. The van der Waals surface area contributed by atoms with Crippen LogP contribution in [0.25, 0.3) is 0 Å². The highest BCUT2D eigenvalue weighted by Crippen LogP contribution is 2.22. The summed E-state index contributed by atoms with van der Waals surface area (Å²) < 4.78 is 5.11. The molecule has 1 N–H and O–H groups in total. The maximum Gasteiger partial charge on any atom is 0.275 e. The zero-order valence-corrected chi connectivity index (χ0v) is 12.7. The number of carbonyl (C=O) groups is 1. The molecule has 0 aliphatic rings. The van der Waals surface area contributed by atoms with E-state index in [-0.39, 0.29) is 0 Å². The van der Waals surface area contributed by atoms with Crippen molar-refractivity contribution in [1.82, 2.24) is 5.43 Å². The Kier molecular flexibility index (Phi) is 5.20. The molecule has 108 valence electrons. The number of ether oxygens (including phenoxy) is 1. The molecule has 0 aromatic heterocycles. The molecule has 0 unspecified atom stereocenters. The first-order chi connectivity index (χ1) is 10.1. The van der Waals surface area contributed by atoms with Crippen molar-refractivity contribution in [2.24, 2.45) is 5.10 Å². The number of nitrogens with zero attached hydrogens (tertiary/aromatic N) is 1. The van der Waals surface area contributed by atoms with Crippen LogP contribution in [-0.4, -0.2) is 19.2 Å². The predicted molar refractivity (Wildman–Crippen MR) is 84.5 cm³/mol. The van der Waals surface area contributed by atoms with Crippen LogP contribution in [0.4, 0.5) is 0 Å². The molecule has 0 radical (unpaired) electrons. The monoisotopic (exact) mass is 322 g/mol. The average molecular weight is 323 g/mol. The number of amides is 1. The van der Waals surface area contributed by atoms with Gasteiger partial charge in [-0.3, -0.25) is 4.79 Å². The van der Waals surface area contributed by atoms with Gasteiger partial charge in [-0.05, 0) is 35.9 Å². The first kappa shape index (κ1) is 15.4. The third-order valence-corrected chi connectivity index (χ3v) is 3.10. The lowest BCUT2D eigenvalue weighted by Gasteiger charge is -2.07. The average Bonchev–Trinajstić information content (AvgIpc) is 2.47. The molecule has 0 aliphatic heterocycles. The third-order valence-electron chi connectivity index (χ3n) is 2.63. The Morgan fingerprint density at radius 1 is 1.19 bits per heavy atom. The summed E-state index contributed by atoms with van der Waals surface area (Å²) in [5, 5.41) is 4.93. The van der Waals surface area contributed by atoms with Crippen LogP contribution >= 0.6 is 23.2 Å². The van der Waals surface area contributed by atoms with Gasteiger partial charge in [0.1, 0.15) is 5.75 Å². The van der Waals surface area contributed by atoms with Crippen molar-refractivity contribution in [2.75, 3.05) is 7.11 Å². The van der Waals surface area contributed by atoms with Crippen molar-refractivity contribution < 1.29 is 9.53 Å². The summed E-state index contributed by atoms with van der Waals surface area (Å²) in [4.78, 5) is 12.0. The van der Waals surface area contributed by atoms with Crippen LogP contribution in [0.1, 0.15) is 15.9 Å². The largest absolute Gasteiger partial charge is 0.496 e. The molecule has 0 bridgehead atoms. The molecule has 0 heterocycles. The van der Waals surface area contributed by atoms with E-state index in [2.05, 4.69) is 10.5 Å². The fourth-order valence-electron chi connectivity index (χ4n) is 1.67. The maximum absolute atomic E-state index is 12.0. The zero-order valence-electron chi connectivity index (χ0n) is 11.1. The van der Waals surface area contributed by atoms with Crippen LogP contribution in [-0.2, 0) is 0 Å². The predicted octanol–water partition coefficient (Wildman–Crippen LogP) is 3.77. The molecule has 0 aliphatic carbocycles. The highest BCUT2D eigenvalue weighted by molar-refractivity contribution is 6.31. The van der Waals surface area contributed by atoms with Gasteiger partial charge in [0, 0.05) is 10.0 Å². The Morgan fingerprint density at radius 3 is 2.67 bits per heavy atom. The summed E-state index contributed by atoms with van der Waals surface area (Å²) >= 11 is 11.7. The van der Waals surface area contributed by atoms with Gasteiger partial charge in [-0.25, -0.2) is 5.43 Å². The quantitative estimate of drug-likeness (QED) is 0.688. The molecule has 2 aromatic carbocycles. The molecule has 6 heteroatoms. The van der Waals surface area contributed by atoms with E-state index < -0.39 is 5.91 Å². The first-order valence-corrected chi connectivity index (χ1v) is 6.78. The molecule has 0 spiro atoms. The fourth-order valence-corrected chi connectivity index (χ4v) is 2.04. The lowest BCUT2D eigenvalue weighted by molar-refractivity contribution is 0.0952. The van der Waals surface area contributed by atoms with E-state index in [0.29, 0.717) is 21.4 Å². The van der Waals surface area contributed by atoms with E-state index in [9.17, 15) is 4.79 Å². The van der Waals surface area contributed by atoms with Gasteiger partial charge in [0.25, 0.3) is 5.91 Å². The second-order valence-corrected chi connectivity index (χ2v) is 4.97. The van der Waals surface area contributed by atoms with Crippen molar-refractivity contribution in [3.8, 4) is 5.75 Å². The number of hydrazone groups is 1. The number of methoxy groups -OCH3 is 1. The summed E-state index contributed by atoms with van der Waals surface area (Å²) in [5.41, 5.74) is 3.51. The van der Waals surface area contributed by atoms with Gasteiger partial charge in [-0.2, -0.15) is 5.10 Å². The second kappa shape index (κ2) is 7.11. The van der Waals surface area contributed by atoms with Gasteiger partial charge in [0.15, 0.2) is 0 Å². The lowest BCUT2D eigenvalue weighted by Crippen LogP contribution is -2.18. The van der Waals surface area contributed by atoms with Crippen molar-refractivity contribution >= 4 is 35.3 Å². The number of rotatable bonds is 4. The van der Waals surface area contributed by atoms with E-state index in [1.165, 1.54) is 19.4 Å². The number of nitrogens with one attached hydrogen (secondary N) is 1. The van der Waals surface area contributed by atoms with Crippen molar-refractivity contribution in [3.63, 3.8) is 0 Å². The van der Waals surface area contributed by atoms with Crippen molar-refractivity contribution in [2.45, 2.75) is 0 Å². The van der Waals surface area contributed by atoms with E-state index >= 15 is 0 Å². The van der Waals surface area contributed by atoms with Crippen LogP contribution < -0.4 is 10.2 Å². The van der Waals surface area contributed by atoms with E-state index in [1.54, 1.807) is 30.3 Å². The van der Waals surface area contributed by atoms with Crippen LogP contribution in [0.15, 0.2) is 47.6 Å². The van der Waals surface area contributed by atoms with E-state index in [0.717, 1.165) is 5.56 Å². The van der Waals surface area contributed by atoms with Crippen LogP contribution in [0, 0.1) is 0 Å². The normalized spacial score (nSPS) is 10.6. The number of carbonyl (C=O) groups excluding carboxylic acids is 1. The van der Waals surface area contributed by atoms with E-state index in [4.69, 9.17) is 27.9 Å². The third kappa shape index (κ3) is 4.21. The smallest absolute Gasteiger partial charge is 0.275 e. The first-order valence-electron chi connectivity index (χ1n) is 6.02. The molecule has 1 amide bonds. The SMILES string of the molecule is COc1ccc(Cl)cc1C(=O)N/N=C/c1cccc(Cl)c1. The van der Waals surface area contributed by atoms with Gasteiger partial charge in [-0.1, -0.05) is 35.3 Å². The Hall–Kier alpha value is -2.04. The molecular formula is C15H12Cl2N2O2. The van der Waals surface area contributed by atoms with Crippen LogP contribution in [0.5, 0.6) is 5.75 Å². The molecule has 4 nitrogen and oxygen atoms in total. The molecule has 2 aromatic rings. The molecule has 0 fully saturated rings. The molecule has 21 heavy (non-hydrogen) atoms. The minimum Gasteiger partial charge on any atom is -0.496 e. The van der Waals surface area contributed by atoms with Crippen molar-refractivity contribution in [1.29, 1.82) is 0 Å². The summed E-state index contributed by atoms with van der Waals surface area (Å²) in [6.45, 7) is 0. The van der Waals surface area contributed by atoms with E-state index in [1.807, 2.05) is 6.07 Å². The minimum atomic E-state index is -0.410. The topological polar surface area (TPSA) is 50.7 Å². The highest BCUT2D eigenvalue weighted by Gasteiger charge is 2.11. The lowest BCUT2D eigenvalue weighted by atomic mass is 10.2. The van der Waals surface area contributed by atoms with Gasteiger partial charge in [0.05, 0.1) is 18.9 Å². The molecular weight excluding hydrogens is 311 g/mol. The number of benzene rings is 2. The zero-order chi connectivity index (χ0) is 15.2. The molecule has 0 atom stereocenters. The van der Waals surface area contributed by atoms with Gasteiger partial charge < -0.3 is 4.74 Å².